The largest absolute Gasteiger partial charge is 0.378 e. The average Bonchev–Trinajstić information content (AvgIpc) is 2.14. The first kappa shape index (κ1) is 10.0. The lowest BCUT2D eigenvalue weighted by Gasteiger charge is -2.21. The van der Waals surface area contributed by atoms with Gasteiger partial charge < -0.3 is 4.74 Å². The Balaban J connectivity index is 1.91. The van der Waals surface area contributed by atoms with Gasteiger partial charge in [0.15, 0.2) is 0 Å². The van der Waals surface area contributed by atoms with E-state index in [1.807, 2.05) is 0 Å². The maximum Gasteiger partial charge on any atom is 0.0600 e. The zero-order chi connectivity index (χ0) is 8.65. The molecule has 1 fully saturated rings. The number of nitrogens with zero attached hydrogens (tertiary/aromatic N) is 1. The van der Waals surface area contributed by atoms with Crippen LogP contribution in [-0.2, 0) is 4.74 Å². The molecule has 0 N–H and O–H groups in total. The van der Waals surface area contributed by atoms with E-state index in [4.69, 9.17) is 4.74 Å². The maximum atomic E-state index is 5.72. The number of hydrogen-bond acceptors (Lipinski definition) is 1. The third-order valence-corrected chi connectivity index (χ3v) is 2.32. The predicted octanol–water partition coefficient (Wildman–Crippen LogP) is 1.96. The van der Waals surface area contributed by atoms with Gasteiger partial charge in [0.1, 0.15) is 0 Å². The fraction of sp³-hybridized carbons (Fsp3) is 1.00. The highest BCUT2D eigenvalue weighted by Crippen LogP contribution is 2.08. The van der Waals surface area contributed by atoms with Crippen molar-refractivity contribution in [3.63, 3.8) is 0 Å². The second-order valence-electron chi connectivity index (χ2n) is 3.45. The lowest BCUT2D eigenvalue weighted by molar-refractivity contribution is 0.0303. The molecule has 12 heavy (non-hydrogen) atoms. The molecule has 71 valence electrons. The Kier molecular flexibility index (Phi) is 5.37. The summed E-state index contributed by atoms with van der Waals surface area (Å²) in [5.41, 5.74) is 0. The molecule has 0 aromatic carbocycles. The van der Waals surface area contributed by atoms with Crippen molar-refractivity contribution in [3.8, 4) is 0 Å². The van der Waals surface area contributed by atoms with Crippen molar-refractivity contribution in [1.82, 2.24) is 5.32 Å². The summed E-state index contributed by atoms with van der Waals surface area (Å²) in [5.74, 6) is 0. The Bertz CT molecular complexity index is 100. The van der Waals surface area contributed by atoms with Crippen LogP contribution in [0, 0.1) is 0 Å². The molecule has 1 saturated heterocycles. The van der Waals surface area contributed by atoms with Crippen LogP contribution in [0.4, 0.5) is 0 Å². The van der Waals surface area contributed by atoms with Crippen LogP contribution in [0.5, 0.6) is 0 Å². The summed E-state index contributed by atoms with van der Waals surface area (Å²) in [6, 6.07) is 0. The Morgan fingerprint density at radius 2 is 2.00 bits per heavy atom. The summed E-state index contributed by atoms with van der Waals surface area (Å²) < 4.78 is 5.72. The van der Waals surface area contributed by atoms with Gasteiger partial charge in [-0.1, -0.05) is 19.8 Å². The molecule has 0 saturated carbocycles. The van der Waals surface area contributed by atoms with E-state index in [2.05, 4.69) is 12.2 Å². The van der Waals surface area contributed by atoms with Gasteiger partial charge in [0.2, 0.25) is 0 Å². The molecule has 1 aliphatic rings. The van der Waals surface area contributed by atoms with Crippen molar-refractivity contribution in [1.29, 1.82) is 0 Å². The van der Waals surface area contributed by atoms with Gasteiger partial charge in [0.05, 0.1) is 6.10 Å². The normalized spacial score (nSPS) is 19.8. The standard InChI is InChI=1S/C10H20NO/c1-2-3-4-9-12-10-5-7-11-8-6-10/h10H,2-9H2,1H3. The molecule has 0 spiro atoms. The van der Waals surface area contributed by atoms with Crippen molar-refractivity contribution >= 4 is 0 Å². The van der Waals surface area contributed by atoms with Gasteiger partial charge >= 0.3 is 0 Å². The minimum absolute atomic E-state index is 0.513. The van der Waals surface area contributed by atoms with E-state index >= 15 is 0 Å². The van der Waals surface area contributed by atoms with Crippen molar-refractivity contribution in [2.45, 2.75) is 45.1 Å². The van der Waals surface area contributed by atoms with Gasteiger partial charge in [-0.3, -0.25) is 0 Å². The Labute approximate surface area is 75.7 Å². The van der Waals surface area contributed by atoms with Crippen molar-refractivity contribution in [2.75, 3.05) is 19.7 Å². The number of piperidine rings is 1. The van der Waals surface area contributed by atoms with Gasteiger partial charge in [0, 0.05) is 19.7 Å². The zero-order valence-electron chi connectivity index (χ0n) is 8.09. The van der Waals surface area contributed by atoms with Crippen LogP contribution < -0.4 is 5.32 Å². The van der Waals surface area contributed by atoms with Gasteiger partial charge in [-0.15, -0.1) is 0 Å². The van der Waals surface area contributed by atoms with Crippen molar-refractivity contribution in [2.24, 2.45) is 0 Å². The van der Waals surface area contributed by atoms with Crippen molar-refractivity contribution < 1.29 is 4.74 Å². The predicted molar refractivity (Wildman–Crippen MR) is 50.4 cm³/mol. The van der Waals surface area contributed by atoms with E-state index < -0.39 is 0 Å². The first-order chi connectivity index (χ1) is 5.93. The third-order valence-electron chi connectivity index (χ3n) is 2.32. The Hall–Kier alpha value is -0.0800. The minimum Gasteiger partial charge on any atom is -0.378 e. The van der Waals surface area contributed by atoms with E-state index in [0.29, 0.717) is 6.10 Å². The molecular formula is C10H20NO. The average molecular weight is 170 g/mol. The van der Waals surface area contributed by atoms with Gasteiger partial charge in [-0.2, -0.15) is 0 Å². The van der Waals surface area contributed by atoms with Crippen LogP contribution in [0.25, 0.3) is 0 Å². The van der Waals surface area contributed by atoms with Crippen LogP contribution >= 0.6 is 0 Å². The van der Waals surface area contributed by atoms with Crippen LogP contribution in [0.2, 0.25) is 0 Å². The monoisotopic (exact) mass is 170 g/mol. The maximum absolute atomic E-state index is 5.72. The van der Waals surface area contributed by atoms with E-state index in [-0.39, 0.29) is 0 Å². The van der Waals surface area contributed by atoms with Gasteiger partial charge in [-0.25, -0.2) is 5.32 Å². The molecule has 1 radical (unpaired) electrons. The number of unbranched alkanes of at least 4 members (excludes halogenated alkanes) is 2. The first-order valence-electron chi connectivity index (χ1n) is 5.18. The Morgan fingerprint density at radius 3 is 2.67 bits per heavy atom. The number of hydrogen-bond donors (Lipinski definition) is 0. The van der Waals surface area contributed by atoms with Gasteiger partial charge in [0.25, 0.3) is 0 Å². The smallest absolute Gasteiger partial charge is 0.0600 e. The summed E-state index contributed by atoms with van der Waals surface area (Å²) in [6.45, 7) is 5.20. The SMILES string of the molecule is CCCCCOC1CC[N]CC1. The molecule has 2 nitrogen and oxygen atoms in total. The van der Waals surface area contributed by atoms with Crippen LogP contribution in [0.3, 0.4) is 0 Å². The molecule has 1 aliphatic heterocycles. The summed E-state index contributed by atoms with van der Waals surface area (Å²) in [7, 11) is 0. The molecule has 0 aromatic rings. The Morgan fingerprint density at radius 1 is 1.25 bits per heavy atom. The summed E-state index contributed by atoms with van der Waals surface area (Å²) in [6.07, 6.45) is 6.61. The topological polar surface area (TPSA) is 23.3 Å². The zero-order valence-corrected chi connectivity index (χ0v) is 8.09. The first-order valence-corrected chi connectivity index (χ1v) is 5.18. The summed E-state index contributed by atoms with van der Waals surface area (Å²) >= 11 is 0. The third kappa shape index (κ3) is 4.07. The number of ether oxygens (including phenoxy) is 1. The minimum atomic E-state index is 0.513. The second kappa shape index (κ2) is 6.44. The quantitative estimate of drug-likeness (QED) is 0.578. The fourth-order valence-electron chi connectivity index (χ4n) is 1.50. The molecule has 0 bridgehead atoms. The molecule has 0 aromatic heterocycles. The highest BCUT2D eigenvalue weighted by molar-refractivity contribution is 4.67. The van der Waals surface area contributed by atoms with Crippen molar-refractivity contribution in [3.05, 3.63) is 0 Å². The molecule has 0 aliphatic carbocycles. The molecule has 0 unspecified atom stereocenters. The fourth-order valence-corrected chi connectivity index (χ4v) is 1.50. The van der Waals surface area contributed by atoms with Crippen LogP contribution in [-0.4, -0.2) is 25.8 Å². The van der Waals surface area contributed by atoms with E-state index in [1.54, 1.807) is 0 Å². The van der Waals surface area contributed by atoms with Gasteiger partial charge in [-0.05, 0) is 19.3 Å². The lowest BCUT2D eigenvalue weighted by Crippen LogP contribution is -2.28. The van der Waals surface area contributed by atoms with Crippen LogP contribution in [0.1, 0.15) is 39.0 Å². The molecule has 0 amide bonds. The summed E-state index contributed by atoms with van der Waals surface area (Å²) in [5, 5.41) is 4.29. The highest BCUT2D eigenvalue weighted by atomic mass is 16.5. The van der Waals surface area contributed by atoms with Crippen LogP contribution in [0.15, 0.2) is 0 Å². The summed E-state index contributed by atoms with van der Waals surface area (Å²) in [4.78, 5) is 0. The molecule has 1 rings (SSSR count). The lowest BCUT2D eigenvalue weighted by atomic mass is 10.1. The number of rotatable bonds is 5. The molecule has 2 heteroatoms. The molecular weight excluding hydrogens is 150 g/mol. The van der Waals surface area contributed by atoms with E-state index in [1.165, 1.54) is 19.3 Å². The van der Waals surface area contributed by atoms with E-state index in [0.717, 1.165) is 32.5 Å². The molecule has 1 heterocycles. The van der Waals surface area contributed by atoms with E-state index in [9.17, 15) is 0 Å². The second-order valence-corrected chi connectivity index (χ2v) is 3.45. The molecule has 0 atom stereocenters. The highest BCUT2D eigenvalue weighted by Gasteiger charge is 2.12.